The van der Waals surface area contributed by atoms with Gasteiger partial charge in [0.1, 0.15) is 5.82 Å². The first-order valence-electron chi connectivity index (χ1n) is 10.0. The number of benzene rings is 2. The number of likely N-dealkylation sites (tertiary alicyclic amines) is 1. The summed E-state index contributed by atoms with van der Waals surface area (Å²) in [6.45, 7) is 1.63. The lowest BCUT2D eigenvalue weighted by Crippen LogP contribution is -2.46. The largest absolute Gasteiger partial charge is 0.349 e. The highest BCUT2D eigenvalue weighted by Gasteiger charge is 2.26. The molecule has 0 aliphatic carbocycles. The second kappa shape index (κ2) is 8.90. The summed E-state index contributed by atoms with van der Waals surface area (Å²) in [5.74, 6) is -0.931. The average molecular weight is 406 g/mol. The van der Waals surface area contributed by atoms with Crippen LogP contribution in [0.4, 0.5) is 4.39 Å². The third-order valence-electron chi connectivity index (χ3n) is 5.34. The number of carbonyl (C=O) groups is 2. The third-order valence-corrected chi connectivity index (χ3v) is 5.34. The summed E-state index contributed by atoms with van der Waals surface area (Å²) >= 11 is 0. The first kappa shape index (κ1) is 19.8. The molecule has 1 fully saturated rings. The van der Waals surface area contributed by atoms with E-state index in [-0.39, 0.29) is 23.4 Å². The van der Waals surface area contributed by atoms with Crippen molar-refractivity contribution in [1.29, 1.82) is 0 Å². The lowest BCUT2D eigenvalue weighted by molar-refractivity contribution is 0.0693. The van der Waals surface area contributed by atoms with Gasteiger partial charge in [-0.2, -0.15) is 5.10 Å². The van der Waals surface area contributed by atoms with E-state index in [9.17, 15) is 14.0 Å². The molecule has 6 nitrogen and oxygen atoms in total. The van der Waals surface area contributed by atoms with Crippen LogP contribution in [0.15, 0.2) is 67.0 Å². The Hall–Kier alpha value is -3.48. The SMILES string of the molecule is O=C(NC1CCN(C(=O)c2ccccc2F)CC1)c1ccc(Cn2cccn2)cc1. The monoisotopic (exact) mass is 406 g/mol. The molecule has 3 aromatic rings. The molecule has 2 amide bonds. The minimum absolute atomic E-state index is 0.00841. The molecule has 1 aromatic heterocycles. The van der Waals surface area contributed by atoms with Crippen molar-refractivity contribution in [2.75, 3.05) is 13.1 Å². The van der Waals surface area contributed by atoms with Gasteiger partial charge in [-0.15, -0.1) is 0 Å². The number of piperidine rings is 1. The van der Waals surface area contributed by atoms with Crippen LogP contribution in [-0.4, -0.2) is 45.6 Å². The number of hydrogen-bond acceptors (Lipinski definition) is 3. The third kappa shape index (κ3) is 4.56. The van der Waals surface area contributed by atoms with Crippen LogP contribution < -0.4 is 5.32 Å². The molecule has 0 unspecified atom stereocenters. The van der Waals surface area contributed by atoms with Gasteiger partial charge in [-0.3, -0.25) is 14.3 Å². The zero-order valence-corrected chi connectivity index (χ0v) is 16.5. The number of nitrogens with zero attached hydrogens (tertiary/aromatic N) is 3. The van der Waals surface area contributed by atoms with Crippen LogP contribution in [-0.2, 0) is 6.54 Å². The van der Waals surface area contributed by atoms with E-state index in [4.69, 9.17) is 0 Å². The molecule has 154 valence electrons. The Kier molecular flexibility index (Phi) is 5.88. The fourth-order valence-electron chi connectivity index (χ4n) is 3.64. The second-order valence-corrected chi connectivity index (χ2v) is 7.42. The number of halogens is 1. The number of hydrogen-bond donors (Lipinski definition) is 1. The van der Waals surface area contributed by atoms with E-state index in [1.165, 1.54) is 12.1 Å². The van der Waals surface area contributed by atoms with Crippen molar-refractivity contribution < 1.29 is 14.0 Å². The Bertz CT molecular complexity index is 1010. The molecule has 2 heterocycles. The highest BCUT2D eigenvalue weighted by molar-refractivity contribution is 5.95. The van der Waals surface area contributed by atoms with Gasteiger partial charge in [-0.05, 0) is 48.7 Å². The van der Waals surface area contributed by atoms with Crippen molar-refractivity contribution in [2.45, 2.75) is 25.4 Å². The summed E-state index contributed by atoms with van der Waals surface area (Å²) in [5, 5.41) is 7.22. The van der Waals surface area contributed by atoms with Crippen LogP contribution in [0.5, 0.6) is 0 Å². The fraction of sp³-hybridized carbons (Fsp3) is 0.261. The summed E-state index contributed by atoms with van der Waals surface area (Å²) in [6, 6.07) is 15.3. The predicted molar refractivity (Wildman–Crippen MR) is 111 cm³/mol. The van der Waals surface area contributed by atoms with Crippen molar-refractivity contribution in [1.82, 2.24) is 20.0 Å². The van der Waals surface area contributed by atoms with Gasteiger partial charge in [0, 0.05) is 37.1 Å². The molecule has 0 saturated carbocycles. The Morgan fingerprint density at radius 3 is 2.43 bits per heavy atom. The van der Waals surface area contributed by atoms with E-state index in [1.54, 1.807) is 23.2 Å². The first-order valence-corrected chi connectivity index (χ1v) is 10.0. The van der Waals surface area contributed by atoms with Crippen LogP contribution in [0.25, 0.3) is 0 Å². The van der Waals surface area contributed by atoms with E-state index < -0.39 is 5.82 Å². The summed E-state index contributed by atoms with van der Waals surface area (Å²) < 4.78 is 15.7. The molecule has 0 bridgehead atoms. The Morgan fingerprint density at radius 1 is 1.03 bits per heavy atom. The van der Waals surface area contributed by atoms with Gasteiger partial charge in [-0.25, -0.2) is 4.39 Å². The molecular formula is C23H23FN4O2. The molecule has 30 heavy (non-hydrogen) atoms. The van der Waals surface area contributed by atoms with Gasteiger partial charge >= 0.3 is 0 Å². The van der Waals surface area contributed by atoms with Crippen molar-refractivity contribution in [3.05, 3.63) is 89.5 Å². The zero-order chi connectivity index (χ0) is 20.9. The van der Waals surface area contributed by atoms with Crippen molar-refractivity contribution in [3.8, 4) is 0 Å². The molecule has 2 aromatic carbocycles. The minimum atomic E-state index is -0.506. The molecule has 0 spiro atoms. The number of carbonyl (C=O) groups excluding carboxylic acids is 2. The molecule has 0 radical (unpaired) electrons. The predicted octanol–water partition coefficient (Wildman–Crippen LogP) is 3.11. The summed E-state index contributed by atoms with van der Waals surface area (Å²) in [5.41, 5.74) is 1.76. The van der Waals surface area contributed by atoms with Crippen LogP contribution in [0.1, 0.15) is 39.1 Å². The molecule has 4 rings (SSSR count). The number of nitrogens with one attached hydrogen (secondary N) is 1. The van der Waals surface area contributed by atoms with Crippen molar-refractivity contribution in [3.63, 3.8) is 0 Å². The van der Waals surface area contributed by atoms with Crippen LogP contribution in [0.2, 0.25) is 0 Å². The van der Waals surface area contributed by atoms with Gasteiger partial charge in [0.05, 0.1) is 12.1 Å². The summed E-state index contributed by atoms with van der Waals surface area (Å²) in [6.07, 6.45) is 4.91. The number of aromatic nitrogens is 2. The topological polar surface area (TPSA) is 67.2 Å². The van der Waals surface area contributed by atoms with E-state index in [0.717, 1.165) is 5.56 Å². The van der Waals surface area contributed by atoms with Crippen molar-refractivity contribution in [2.24, 2.45) is 0 Å². The Balaban J connectivity index is 1.29. The maximum Gasteiger partial charge on any atom is 0.256 e. The molecule has 1 saturated heterocycles. The Labute approximate surface area is 174 Å². The van der Waals surface area contributed by atoms with E-state index in [2.05, 4.69) is 10.4 Å². The van der Waals surface area contributed by atoms with E-state index >= 15 is 0 Å². The lowest BCUT2D eigenvalue weighted by Gasteiger charge is -2.32. The second-order valence-electron chi connectivity index (χ2n) is 7.42. The number of rotatable bonds is 5. The summed E-state index contributed by atoms with van der Waals surface area (Å²) in [7, 11) is 0. The van der Waals surface area contributed by atoms with Crippen molar-refractivity contribution >= 4 is 11.8 Å². The quantitative estimate of drug-likeness (QED) is 0.708. The maximum absolute atomic E-state index is 13.9. The van der Waals surface area contributed by atoms with Crippen LogP contribution >= 0.6 is 0 Å². The smallest absolute Gasteiger partial charge is 0.256 e. The average Bonchev–Trinajstić information content (AvgIpc) is 3.28. The molecule has 1 N–H and O–H groups in total. The minimum Gasteiger partial charge on any atom is -0.349 e. The standard InChI is InChI=1S/C23H23FN4O2/c24-21-5-2-1-4-20(21)23(30)27-14-10-19(11-15-27)26-22(29)18-8-6-17(7-9-18)16-28-13-3-12-25-28/h1-9,12-13,19H,10-11,14-16H2,(H,26,29). The fourth-order valence-corrected chi connectivity index (χ4v) is 3.64. The molecule has 7 heteroatoms. The van der Waals surface area contributed by atoms with Crippen LogP contribution in [0, 0.1) is 5.82 Å². The normalized spacial score (nSPS) is 14.5. The molecule has 1 aliphatic heterocycles. The Morgan fingerprint density at radius 2 is 1.77 bits per heavy atom. The lowest BCUT2D eigenvalue weighted by atomic mass is 10.0. The van der Waals surface area contributed by atoms with Gasteiger partial charge in [0.2, 0.25) is 0 Å². The van der Waals surface area contributed by atoms with E-state index in [1.807, 2.05) is 41.2 Å². The van der Waals surface area contributed by atoms with Crippen LogP contribution in [0.3, 0.4) is 0 Å². The zero-order valence-electron chi connectivity index (χ0n) is 16.5. The molecule has 0 atom stereocenters. The van der Waals surface area contributed by atoms with Gasteiger partial charge in [-0.1, -0.05) is 24.3 Å². The highest BCUT2D eigenvalue weighted by Crippen LogP contribution is 2.17. The molecular weight excluding hydrogens is 383 g/mol. The van der Waals surface area contributed by atoms with Gasteiger partial charge in [0.15, 0.2) is 0 Å². The van der Waals surface area contributed by atoms with Gasteiger partial charge in [0.25, 0.3) is 11.8 Å². The van der Waals surface area contributed by atoms with E-state index in [0.29, 0.717) is 38.0 Å². The van der Waals surface area contributed by atoms with Gasteiger partial charge < -0.3 is 10.2 Å². The first-order chi connectivity index (χ1) is 14.6. The number of amides is 2. The molecule has 1 aliphatic rings. The maximum atomic E-state index is 13.9. The summed E-state index contributed by atoms with van der Waals surface area (Å²) in [4.78, 5) is 26.7. The highest BCUT2D eigenvalue weighted by atomic mass is 19.1.